The van der Waals surface area contributed by atoms with Gasteiger partial charge < -0.3 is 10.5 Å². The molecule has 0 spiro atoms. The monoisotopic (exact) mass is 285 g/mol. The quantitative estimate of drug-likeness (QED) is 0.908. The summed E-state index contributed by atoms with van der Waals surface area (Å²) < 4.78 is 44.3. The minimum Gasteiger partial charge on any atom is -0.369 e. The molecule has 0 radical (unpaired) electrons. The molecule has 0 aliphatic carbocycles. The van der Waals surface area contributed by atoms with E-state index < -0.39 is 29.2 Å². The highest BCUT2D eigenvalue weighted by atomic mass is 19.4. The summed E-state index contributed by atoms with van der Waals surface area (Å²) in [4.78, 5) is 11.6. The number of alkyl halides is 3. The Kier molecular flexibility index (Phi) is 2.83. The zero-order valence-corrected chi connectivity index (χ0v) is 10.6. The van der Waals surface area contributed by atoms with Crippen molar-refractivity contribution in [2.75, 3.05) is 0 Å². The average molecular weight is 285 g/mol. The molecule has 3 unspecified atom stereocenters. The highest BCUT2D eigenvalue weighted by Crippen LogP contribution is 2.54. The fourth-order valence-corrected chi connectivity index (χ4v) is 3.38. The highest BCUT2D eigenvalue weighted by Gasteiger charge is 2.57. The molecule has 0 saturated carbocycles. The van der Waals surface area contributed by atoms with Crippen molar-refractivity contribution in [1.82, 2.24) is 0 Å². The number of fused-ring (bicyclic) bond motifs is 2. The summed E-state index contributed by atoms with van der Waals surface area (Å²) >= 11 is 0. The lowest BCUT2D eigenvalue weighted by molar-refractivity contribution is -0.137. The fraction of sp³-hybridized carbons (Fsp3) is 0.500. The third-order valence-corrected chi connectivity index (χ3v) is 4.30. The number of nitrogens with two attached hydrogens (primary N) is 1. The third kappa shape index (κ3) is 1.90. The van der Waals surface area contributed by atoms with Gasteiger partial charge in [-0.15, -0.1) is 0 Å². The second-order valence-corrected chi connectivity index (χ2v) is 5.44. The number of hydrogen-bond acceptors (Lipinski definition) is 2. The molecule has 1 amide bonds. The number of rotatable bonds is 2. The molecule has 0 aromatic heterocycles. The molecular weight excluding hydrogens is 271 g/mol. The standard InChI is InChI=1S/C14H14F3NO2/c15-14(16,17)9-3-1-2-8(6-9)13-5-4-10(20-13)7-11(13)12(18)19/h1-3,6,10-11H,4-5,7H2,(H2,18,19). The van der Waals surface area contributed by atoms with E-state index in [0.29, 0.717) is 18.4 Å². The van der Waals surface area contributed by atoms with E-state index >= 15 is 0 Å². The Morgan fingerprint density at radius 2 is 2.15 bits per heavy atom. The van der Waals surface area contributed by atoms with Crippen LogP contribution in [0.1, 0.15) is 30.4 Å². The van der Waals surface area contributed by atoms with E-state index in [2.05, 4.69) is 0 Å². The minimum absolute atomic E-state index is 0.0814. The number of ether oxygens (including phenoxy) is 1. The molecule has 1 aromatic carbocycles. The molecule has 2 saturated heterocycles. The van der Waals surface area contributed by atoms with Gasteiger partial charge in [-0.05, 0) is 37.0 Å². The SMILES string of the molecule is NC(=O)C1CC2CCC1(c1cccc(C(F)(F)F)c1)O2. The lowest BCUT2D eigenvalue weighted by Crippen LogP contribution is -2.40. The van der Waals surface area contributed by atoms with Crippen LogP contribution in [-0.4, -0.2) is 12.0 Å². The molecule has 2 aliphatic rings. The molecule has 2 bridgehead atoms. The van der Waals surface area contributed by atoms with Crippen molar-refractivity contribution >= 4 is 5.91 Å². The Morgan fingerprint density at radius 1 is 1.40 bits per heavy atom. The maximum atomic E-state index is 12.8. The first-order valence-corrected chi connectivity index (χ1v) is 6.48. The number of benzene rings is 1. The molecule has 2 heterocycles. The Bertz CT molecular complexity index is 558. The zero-order chi connectivity index (χ0) is 14.5. The van der Waals surface area contributed by atoms with Gasteiger partial charge in [0, 0.05) is 0 Å². The zero-order valence-electron chi connectivity index (χ0n) is 10.6. The van der Waals surface area contributed by atoms with Crippen molar-refractivity contribution in [2.24, 2.45) is 11.7 Å². The topological polar surface area (TPSA) is 52.3 Å². The average Bonchev–Trinajstić information content (AvgIpc) is 2.97. The summed E-state index contributed by atoms with van der Waals surface area (Å²) in [5.74, 6) is -1.06. The maximum absolute atomic E-state index is 12.8. The molecule has 108 valence electrons. The molecule has 3 atom stereocenters. The van der Waals surface area contributed by atoms with E-state index in [4.69, 9.17) is 10.5 Å². The summed E-state index contributed by atoms with van der Waals surface area (Å²) in [6.07, 6.45) is -2.72. The summed E-state index contributed by atoms with van der Waals surface area (Å²) in [6, 6.07) is 5.02. The Balaban J connectivity index is 2.05. The van der Waals surface area contributed by atoms with Crippen LogP contribution in [0.15, 0.2) is 24.3 Å². The molecular formula is C14H14F3NO2. The number of carbonyl (C=O) groups is 1. The summed E-state index contributed by atoms with van der Waals surface area (Å²) in [5.41, 5.74) is 4.08. The fourth-order valence-electron chi connectivity index (χ4n) is 3.38. The van der Waals surface area contributed by atoms with Crippen molar-refractivity contribution in [1.29, 1.82) is 0 Å². The second kappa shape index (κ2) is 4.22. The number of carbonyl (C=O) groups excluding carboxylic acids is 1. The highest BCUT2D eigenvalue weighted by molar-refractivity contribution is 5.79. The molecule has 3 nitrogen and oxygen atoms in total. The third-order valence-electron chi connectivity index (χ3n) is 4.30. The first-order chi connectivity index (χ1) is 9.33. The number of primary amides is 1. The lowest BCUT2D eigenvalue weighted by atomic mass is 9.74. The predicted molar refractivity (Wildman–Crippen MR) is 64.5 cm³/mol. The van der Waals surface area contributed by atoms with Crippen LogP contribution >= 0.6 is 0 Å². The van der Waals surface area contributed by atoms with Crippen LogP contribution in [-0.2, 0) is 21.3 Å². The van der Waals surface area contributed by atoms with Crippen molar-refractivity contribution in [3.8, 4) is 0 Å². The van der Waals surface area contributed by atoms with Crippen molar-refractivity contribution in [3.05, 3.63) is 35.4 Å². The number of amides is 1. The van der Waals surface area contributed by atoms with Gasteiger partial charge in [0.2, 0.25) is 5.91 Å². The normalized spacial score (nSPS) is 32.5. The van der Waals surface area contributed by atoms with E-state index in [1.54, 1.807) is 6.07 Å². The summed E-state index contributed by atoms with van der Waals surface area (Å²) in [6.45, 7) is 0. The van der Waals surface area contributed by atoms with E-state index in [0.717, 1.165) is 18.6 Å². The van der Waals surface area contributed by atoms with E-state index in [-0.39, 0.29) is 6.10 Å². The molecule has 2 aliphatic heterocycles. The van der Waals surface area contributed by atoms with Crippen molar-refractivity contribution in [3.63, 3.8) is 0 Å². The van der Waals surface area contributed by atoms with Gasteiger partial charge in [-0.1, -0.05) is 12.1 Å². The van der Waals surface area contributed by atoms with E-state index in [1.165, 1.54) is 6.07 Å². The minimum atomic E-state index is -4.41. The van der Waals surface area contributed by atoms with Gasteiger partial charge in [0.05, 0.1) is 17.6 Å². The number of halogens is 3. The van der Waals surface area contributed by atoms with Gasteiger partial charge >= 0.3 is 6.18 Å². The van der Waals surface area contributed by atoms with Gasteiger partial charge in [-0.3, -0.25) is 4.79 Å². The molecule has 20 heavy (non-hydrogen) atoms. The molecule has 6 heteroatoms. The first-order valence-electron chi connectivity index (χ1n) is 6.48. The molecule has 3 rings (SSSR count). The van der Waals surface area contributed by atoms with Gasteiger partial charge in [0.1, 0.15) is 5.60 Å². The van der Waals surface area contributed by atoms with Gasteiger partial charge in [0.25, 0.3) is 0 Å². The second-order valence-electron chi connectivity index (χ2n) is 5.44. The van der Waals surface area contributed by atoms with Gasteiger partial charge in [-0.2, -0.15) is 13.2 Å². The Hall–Kier alpha value is -1.56. The number of hydrogen-bond donors (Lipinski definition) is 1. The maximum Gasteiger partial charge on any atom is 0.416 e. The summed E-state index contributed by atoms with van der Waals surface area (Å²) in [5, 5.41) is 0. The van der Waals surface area contributed by atoms with Gasteiger partial charge in [-0.25, -0.2) is 0 Å². The Labute approximate surface area is 113 Å². The van der Waals surface area contributed by atoms with Crippen LogP contribution < -0.4 is 5.73 Å². The van der Waals surface area contributed by atoms with Gasteiger partial charge in [0.15, 0.2) is 0 Å². The van der Waals surface area contributed by atoms with Crippen LogP contribution in [0.3, 0.4) is 0 Å². The largest absolute Gasteiger partial charge is 0.416 e. The Morgan fingerprint density at radius 3 is 2.75 bits per heavy atom. The lowest BCUT2D eigenvalue weighted by Gasteiger charge is -2.31. The van der Waals surface area contributed by atoms with Crippen molar-refractivity contribution < 1.29 is 22.7 Å². The molecule has 2 N–H and O–H groups in total. The first kappa shape index (κ1) is 13.4. The molecule has 2 fully saturated rings. The summed E-state index contributed by atoms with van der Waals surface area (Å²) in [7, 11) is 0. The van der Waals surface area contributed by atoms with Crippen LogP contribution in [0.5, 0.6) is 0 Å². The van der Waals surface area contributed by atoms with Crippen LogP contribution in [0.25, 0.3) is 0 Å². The van der Waals surface area contributed by atoms with Crippen LogP contribution in [0.2, 0.25) is 0 Å². The smallest absolute Gasteiger partial charge is 0.369 e. The van der Waals surface area contributed by atoms with Crippen molar-refractivity contribution in [2.45, 2.75) is 37.1 Å². The van der Waals surface area contributed by atoms with Crippen LogP contribution in [0, 0.1) is 5.92 Å². The molecule has 1 aromatic rings. The van der Waals surface area contributed by atoms with E-state index in [1.807, 2.05) is 0 Å². The predicted octanol–water partition coefficient (Wildman–Crippen LogP) is 2.58. The van der Waals surface area contributed by atoms with E-state index in [9.17, 15) is 18.0 Å². The van der Waals surface area contributed by atoms with Crippen LogP contribution in [0.4, 0.5) is 13.2 Å².